The fourth-order valence-corrected chi connectivity index (χ4v) is 2.54. The van der Waals surface area contributed by atoms with Crippen LogP contribution in [-0.2, 0) is 0 Å². The summed E-state index contributed by atoms with van der Waals surface area (Å²) < 4.78 is 0. The average Bonchev–Trinajstić information content (AvgIpc) is 2.69. The zero-order valence-corrected chi connectivity index (χ0v) is 9.98. The van der Waals surface area contributed by atoms with Crippen molar-refractivity contribution in [3.8, 4) is 0 Å². The number of hydrogen-bond donors (Lipinski definition) is 1. The van der Waals surface area contributed by atoms with Gasteiger partial charge in [-0.1, -0.05) is 17.7 Å². The SMILES string of the molecule is Cc1cc(Cl)ccc1[C@H](N)c1ccsc1. The van der Waals surface area contributed by atoms with Gasteiger partial charge >= 0.3 is 0 Å². The smallest absolute Gasteiger partial charge is 0.0562 e. The van der Waals surface area contributed by atoms with E-state index in [4.69, 9.17) is 17.3 Å². The summed E-state index contributed by atoms with van der Waals surface area (Å²) in [6.07, 6.45) is 0. The molecule has 3 heteroatoms. The third-order valence-electron chi connectivity index (χ3n) is 2.47. The van der Waals surface area contributed by atoms with Crippen LogP contribution in [0.3, 0.4) is 0 Å². The molecular formula is C12H12ClNS. The Morgan fingerprint density at radius 1 is 1.33 bits per heavy atom. The van der Waals surface area contributed by atoms with Crippen LogP contribution >= 0.6 is 22.9 Å². The van der Waals surface area contributed by atoms with E-state index in [1.165, 1.54) is 0 Å². The summed E-state index contributed by atoms with van der Waals surface area (Å²) in [7, 11) is 0. The van der Waals surface area contributed by atoms with Gasteiger partial charge in [0, 0.05) is 5.02 Å². The lowest BCUT2D eigenvalue weighted by Gasteiger charge is -2.13. The maximum absolute atomic E-state index is 6.18. The van der Waals surface area contributed by atoms with Crippen molar-refractivity contribution in [3.05, 3.63) is 56.7 Å². The van der Waals surface area contributed by atoms with Gasteiger partial charge in [0.25, 0.3) is 0 Å². The van der Waals surface area contributed by atoms with Gasteiger partial charge in [0.05, 0.1) is 6.04 Å². The summed E-state index contributed by atoms with van der Waals surface area (Å²) in [6, 6.07) is 7.84. The first kappa shape index (κ1) is 10.7. The highest BCUT2D eigenvalue weighted by atomic mass is 35.5. The first-order valence-corrected chi connectivity index (χ1v) is 6.04. The molecule has 0 aliphatic heterocycles. The van der Waals surface area contributed by atoms with Gasteiger partial charge in [0.15, 0.2) is 0 Å². The monoisotopic (exact) mass is 237 g/mol. The van der Waals surface area contributed by atoms with E-state index < -0.39 is 0 Å². The van der Waals surface area contributed by atoms with Gasteiger partial charge in [0.2, 0.25) is 0 Å². The predicted octanol–water partition coefficient (Wildman–Crippen LogP) is 3.76. The fraction of sp³-hybridized carbons (Fsp3) is 0.167. The molecule has 0 amide bonds. The molecule has 0 unspecified atom stereocenters. The van der Waals surface area contributed by atoms with Crippen molar-refractivity contribution < 1.29 is 0 Å². The highest BCUT2D eigenvalue weighted by molar-refractivity contribution is 7.08. The largest absolute Gasteiger partial charge is 0.320 e. The van der Waals surface area contributed by atoms with Crippen molar-refractivity contribution in [1.29, 1.82) is 0 Å². The molecule has 2 aromatic rings. The van der Waals surface area contributed by atoms with E-state index in [2.05, 4.69) is 11.4 Å². The van der Waals surface area contributed by atoms with Crippen LogP contribution in [0, 0.1) is 6.92 Å². The van der Waals surface area contributed by atoms with Crippen LogP contribution in [0.4, 0.5) is 0 Å². The topological polar surface area (TPSA) is 26.0 Å². The van der Waals surface area contributed by atoms with Gasteiger partial charge in [-0.2, -0.15) is 11.3 Å². The lowest BCUT2D eigenvalue weighted by Crippen LogP contribution is -2.12. The Hall–Kier alpha value is -0.830. The average molecular weight is 238 g/mol. The number of nitrogens with two attached hydrogens (primary N) is 1. The highest BCUT2D eigenvalue weighted by Gasteiger charge is 2.11. The van der Waals surface area contributed by atoms with Crippen LogP contribution in [0.2, 0.25) is 5.02 Å². The van der Waals surface area contributed by atoms with Gasteiger partial charge in [-0.15, -0.1) is 0 Å². The molecule has 0 aliphatic rings. The van der Waals surface area contributed by atoms with E-state index in [1.54, 1.807) is 11.3 Å². The lowest BCUT2D eigenvalue weighted by atomic mass is 9.98. The van der Waals surface area contributed by atoms with Crippen LogP contribution in [0.1, 0.15) is 22.7 Å². The summed E-state index contributed by atoms with van der Waals surface area (Å²) in [5.74, 6) is 0. The molecule has 0 aliphatic carbocycles. The maximum Gasteiger partial charge on any atom is 0.0562 e. The second kappa shape index (κ2) is 4.35. The summed E-state index contributed by atoms with van der Waals surface area (Å²) >= 11 is 7.57. The van der Waals surface area contributed by atoms with Crippen molar-refractivity contribution in [2.45, 2.75) is 13.0 Å². The van der Waals surface area contributed by atoms with Crippen molar-refractivity contribution in [2.75, 3.05) is 0 Å². The van der Waals surface area contributed by atoms with Crippen LogP contribution in [-0.4, -0.2) is 0 Å². The second-order valence-corrected chi connectivity index (χ2v) is 4.75. The number of halogens is 1. The van der Waals surface area contributed by atoms with Crippen LogP contribution in [0.5, 0.6) is 0 Å². The first-order chi connectivity index (χ1) is 7.18. The van der Waals surface area contributed by atoms with Gasteiger partial charge in [-0.05, 0) is 52.6 Å². The van der Waals surface area contributed by atoms with Crippen molar-refractivity contribution in [2.24, 2.45) is 5.73 Å². The van der Waals surface area contributed by atoms with E-state index in [-0.39, 0.29) is 6.04 Å². The second-order valence-electron chi connectivity index (χ2n) is 3.54. The maximum atomic E-state index is 6.18. The Bertz CT molecular complexity index is 451. The number of thiophene rings is 1. The molecule has 2 N–H and O–H groups in total. The third kappa shape index (κ3) is 2.23. The molecule has 0 bridgehead atoms. The summed E-state index contributed by atoms with van der Waals surface area (Å²) in [5, 5.41) is 4.88. The lowest BCUT2D eigenvalue weighted by molar-refractivity contribution is 0.867. The number of rotatable bonds is 2. The Morgan fingerprint density at radius 3 is 2.73 bits per heavy atom. The van der Waals surface area contributed by atoms with Gasteiger partial charge < -0.3 is 5.73 Å². The normalized spacial score (nSPS) is 12.7. The molecule has 1 heterocycles. The quantitative estimate of drug-likeness (QED) is 0.846. The molecule has 0 spiro atoms. The van der Waals surface area contributed by atoms with Crippen LogP contribution < -0.4 is 5.73 Å². The predicted molar refractivity (Wildman–Crippen MR) is 66.5 cm³/mol. The molecule has 78 valence electrons. The minimum absolute atomic E-state index is 0.0477. The Balaban J connectivity index is 2.38. The molecule has 0 saturated heterocycles. The molecule has 0 radical (unpaired) electrons. The zero-order chi connectivity index (χ0) is 10.8. The standard InChI is InChI=1S/C12H12ClNS/c1-8-6-10(13)2-3-11(8)12(14)9-4-5-15-7-9/h2-7,12H,14H2,1H3/t12-/m1/s1. The van der Waals surface area contributed by atoms with Gasteiger partial charge in [-0.25, -0.2) is 0 Å². The highest BCUT2D eigenvalue weighted by Crippen LogP contribution is 2.26. The molecule has 1 atom stereocenters. The number of hydrogen-bond acceptors (Lipinski definition) is 2. The van der Waals surface area contributed by atoms with E-state index >= 15 is 0 Å². The molecule has 1 nitrogen and oxygen atoms in total. The fourth-order valence-electron chi connectivity index (χ4n) is 1.62. The Kier molecular flexibility index (Phi) is 3.10. The van der Waals surface area contributed by atoms with Crippen molar-refractivity contribution in [1.82, 2.24) is 0 Å². The van der Waals surface area contributed by atoms with Crippen molar-refractivity contribution >= 4 is 22.9 Å². The molecule has 1 aromatic heterocycles. The number of aryl methyl sites for hydroxylation is 1. The van der Waals surface area contributed by atoms with E-state index in [9.17, 15) is 0 Å². The van der Waals surface area contributed by atoms with Crippen LogP contribution in [0.15, 0.2) is 35.0 Å². The van der Waals surface area contributed by atoms with Crippen LogP contribution in [0.25, 0.3) is 0 Å². The third-order valence-corrected chi connectivity index (χ3v) is 3.41. The summed E-state index contributed by atoms with van der Waals surface area (Å²) in [5.41, 5.74) is 9.61. The van der Waals surface area contributed by atoms with E-state index in [1.807, 2.05) is 30.5 Å². The van der Waals surface area contributed by atoms with E-state index in [0.29, 0.717) is 0 Å². The Morgan fingerprint density at radius 2 is 2.13 bits per heavy atom. The van der Waals surface area contributed by atoms with Gasteiger partial charge in [0.1, 0.15) is 0 Å². The molecule has 1 aromatic carbocycles. The van der Waals surface area contributed by atoms with Crippen molar-refractivity contribution in [3.63, 3.8) is 0 Å². The molecule has 0 saturated carbocycles. The minimum Gasteiger partial charge on any atom is -0.320 e. The van der Waals surface area contributed by atoms with Gasteiger partial charge in [-0.3, -0.25) is 0 Å². The zero-order valence-electron chi connectivity index (χ0n) is 8.41. The first-order valence-electron chi connectivity index (χ1n) is 4.72. The summed E-state index contributed by atoms with van der Waals surface area (Å²) in [6.45, 7) is 2.04. The molecule has 15 heavy (non-hydrogen) atoms. The molecule has 2 rings (SSSR count). The molecular weight excluding hydrogens is 226 g/mol. The van der Waals surface area contributed by atoms with E-state index in [0.717, 1.165) is 21.7 Å². The minimum atomic E-state index is -0.0477. The Labute approximate surface area is 98.5 Å². The molecule has 0 fully saturated rings. The number of benzene rings is 1. The summed E-state index contributed by atoms with van der Waals surface area (Å²) in [4.78, 5) is 0.